The predicted molar refractivity (Wildman–Crippen MR) is 96.7 cm³/mol. The fourth-order valence-electron chi connectivity index (χ4n) is 3.79. The summed E-state index contributed by atoms with van der Waals surface area (Å²) in [5.41, 5.74) is 18.2. The van der Waals surface area contributed by atoms with Crippen molar-refractivity contribution in [2.24, 2.45) is 17.2 Å². The topological polar surface area (TPSA) is 216 Å². The van der Waals surface area contributed by atoms with Gasteiger partial charge < -0.3 is 61.7 Å². The van der Waals surface area contributed by atoms with E-state index in [2.05, 4.69) is 0 Å². The average molecular weight is 421 g/mol. The van der Waals surface area contributed by atoms with Crippen LogP contribution in [0.4, 0.5) is 0 Å². The Morgan fingerprint density at radius 1 is 0.897 bits per heavy atom. The molecule has 3 aliphatic rings. The molecule has 12 nitrogen and oxygen atoms in total. The second-order valence-corrected chi connectivity index (χ2v) is 7.68. The molecule has 2 heterocycles. The first-order valence-electron chi connectivity index (χ1n) is 9.61. The molecule has 3 rings (SSSR count). The minimum atomic E-state index is -1.45. The fourth-order valence-corrected chi connectivity index (χ4v) is 3.79. The van der Waals surface area contributed by atoms with Crippen LogP contribution in [0.3, 0.4) is 0 Å². The van der Waals surface area contributed by atoms with Gasteiger partial charge in [0.25, 0.3) is 0 Å². The van der Waals surface area contributed by atoms with Gasteiger partial charge in [-0.3, -0.25) is 0 Å². The lowest BCUT2D eigenvalue weighted by Crippen LogP contribution is -2.65. The number of ether oxygens (including phenoxy) is 4. The van der Waals surface area contributed by atoms with Crippen LogP contribution in [0.5, 0.6) is 0 Å². The largest absolute Gasteiger partial charge is 0.465 e. The molecule has 11 atom stereocenters. The summed E-state index contributed by atoms with van der Waals surface area (Å²) in [4.78, 5) is 0. The zero-order valence-corrected chi connectivity index (χ0v) is 15.9. The quantitative estimate of drug-likeness (QED) is 0.204. The van der Waals surface area contributed by atoms with Crippen molar-refractivity contribution in [2.45, 2.75) is 80.2 Å². The van der Waals surface area contributed by atoms with Gasteiger partial charge in [-0.15, -0.1) is 0 Å². The Kier molecular flexibility index (Phi) is 7.46. The Morgan fingerprint density at radius 2 is 1.59 bits per heavy atom. The van der Waals surface area contributed by atoms with Gasteiger partial charge in [0.05, 0.1) is 18.8 Å². The lowest BCUT2D eigenvalue weighted by atomic mass is 9.84. The number of aliphatic hydroxyl groups is 5. The van der Waals surface area contributed by atoms with Crippen molar-refractivity contribution in [1.29, 1.82) is 0 Å². The molecular formula is C17H31N3O9. The summed E-state index contributed by atoms with van der Waals surface area (Å²) in [7, 11) is 0. The van der Waals surface area contributed by atoms with E-state index < -0.39 is 73.9 Å². The summed E-state index contributed by atoms with van der Waals surface area (Å²) in [6.07, 6.45) is -7.11. The highest BCUT2D eigenvalue weighted by Crippen LogP contribution is 2.31. The molecule has 0 unspecified atom stereocenters. The summed E-state index contributed by atoms with van der Waals surface area (Å²) in [6.45, 7) is -0.843. The molecule has 1 saturated carbocycles. The molecule has 2 fully saturated rings. The third-order valence-electron chi connectivity index (χ3n) is 5.54. The summed E-state index contributed by atoms with van der Waals surface area (Å²) < 4.78 is 22.5. The highest BCUT2D eigenvalue weighted by molar-refractivity contribution is 5.03. The van der Waals surface area contributed by atoms with Crippen molar-refractivity contribution in [2.75, 3.05) is 13.2 Å². The Morgan fingerprint density at radius 3 is 2.21 bits per heavy atom. The van der Waals surface area contributed by atoms with E-state index in [4.69, 9.17) is 36.1 Å². The highest BCUT2D eigenvalue weighted by atomic mass is 16.7. The van der Waals surface area contributed by atoms with Crippen molar-refractivity contribution < 1.29 is 44.5 Å². The molecule has 11 N–H and O–H groups in total. The molecule has 0 radical (unpaired) electrons. The van der Waals surface area contributed by atoms with E-state index in [0.717, 1.165) is 0 Å². The molecule has 29 heavy (non-hydrogen) atoms. The lowest BCUT2D eigenvalue weighted by Gasteiger charge is -2.45. The van der Waals surface area contributed by atoms with Crippen LogP contribution in [0.1, 0.15) is 12.8 Å². The normalized spacial score (nSPS) is 48.3. The Labute approximate surface area is 167 Å². The number of hydrogen-bond donors (Lipinski definition) is 8. The van der Waals surface area contributed by atoms with E-state index in [-0.39, 0.29) is 13.0 Å². The van der Waals surface area contributed by atoms with Gasteiger partial charge in [0, 0.05) is 12.1 Å². The van der Waals surface area contributed by atoms with E-state index in [0.29, 0.717) is 12.2 Å². The maximum Gasteiger partial charge on any atom is 0.215 e. The van der Waals surface area contributed by atoms with Gasteiger partial charge in [-0.25, -0.2) is 0 Å². The van der Waals surface area contributed by atoms with Gasteiger partial charge in [0.1, 0.15) is 42.9 Å². The first-order chi connectivity index (χ1) is 13.8. The number of rotatable bonds is 6. The zero-order chi connectivity index (χ0) is 21.3. The first kappa shape index (κ1) is 22.8. The van der Waals surface area contributed by atoms with Crippen LogP contribution in [-0.4, -0.2) is 106 Å². The molecule has 12 heteroatoms. The number of hydrogen-bond acceptors (Lipinski definition) is 12. The van der Waals surface area contributed by atoms with Crippen molar-refractivity contribution >= 4 is 0 Å². The molecule has 168 valence electrons. The molecule has 1 saturated heterocycles. The maximum absolute atomic E-state index is 10.6. The molecule has 2 aliphatic heterocycles. The molecular weight excluding hydrogens is 390 g/mol. The van der Waals surface area contributed by atoms with Gasteiger partial charge in [-0.05, 0) is 18.9 Å². The molecule has 1 aliphatic carbocycles. The molecule has 0 aromatic heterocycles. The SMILES string of the molecule is N[C@@H]1CC=C(CO)O[C@@H]1O[C@H]1[C@H](O[C@@H]2O[C@H](CO)[C@@H](O)[C@H]2O)[C@@H](O)[C@H](N)C[C@@H]1N. The van der Waals surface area contributed by atoms with Crippen LogP contribution < -0.4 is 17.2 Å². The van der Waals surface area contributed by atoms with Gasteiger partial charge >= 0.3 is 0 Å². The second-order valence-electron chi connectivity index (χ2n) is 7.68. The maximum atomic E-state index is 10.6. The summed E-state index contributed by atoms with van der Waals surface area (Å²) >= 11 is 0. The monoisotopic (exact) mass is 421 g/mol. The minimum Gasteiger partial charge on any atom is -0.465 e. The molecule has 0 aromatic rings. The van der Waals surface area contributed by atoms with E-state index in [1.807, 2.05) is 0 Å². The Balaban J connectivity index is 1.75. The standard InChI is InChI=1S/C17H31N3O9/c18-7-2-1-6(4-21)26-16(7)28-14-9(20)3-8(19)11(23)15(14)29-17-13(25)12(24)10(5-22)27-17/h1,7-17,21-25H,2-5,18-20H2/t7-,8-,9+,10-,11+,12-,13-,14-,15-,16-,17+/m1/s1. The van der Waals surface area contributed by atoms with Crippen LogP contribution in [0.25, 0.3) is 0 Å². The molecule has 0 amide bonds. The van der Waals surface area contributed by atoms with E-state index in [9.17, 15) is 25.5 Å². The lowest BCUT2D eigenvalue weighted by molar-refractivity contribution is -0.273. The number of nitrogens with two attached hydrogens (primary N) is 3. The average Bonchev–Trinajstić information content (AvgIpc) is 2.97. The summed E-state index contributed by atoms with van der Waals surface area (Å²) in [6, 6.07) is -1.92. The van der Waals surface area contributed by atoms with Gasteiger partial charge in [0.15, 0.2) is 6.29 Å². The van der Waals surface area contributed by atoms with Gasteiger partial charge in [-0.1, -0.05) is 0 Å². The van der Waals surface area contributed by atoms with Gasteiger partial charge in [0.2, 0.25) is 6.29 Å². The summed E-state index contributed by atoms with van der Waals surface area (Å²) in [5, 5.41) is 49.2. The Hall–Kier alpha value is -0.900. The molecule has 0 spiro atoms. The third-order valence-corrected chi connectivity index (χ3v) is 5.54. The second kappa shape index (κ2) is 9.49. The van der Waals surface area contributed by atoms with Crippen LogP contribution in [-0.2, 0) is 18.9 Å². The van der Waals surface area contributed by atoms with Crippen LogP contribution in [0.2, 0.25) is 0 Å². The van der Waals surface area contributed by atoms with Crippen LogP contribution >= 0.6 is 0 Å². The van der Waals surface area contributed by atoms with E-state index in [1.54, 1.807) is 6.08 Å². The third kappa shape index (κ3) is 4.73. The van der Waals surface area contributed by atoms with Crippen molar-refractivity contribution in [1.82, 2.24) is 0 Å². The fraction of sp³-hybridized carbons (Fsp3) is 0.882. The van der Waals surface area contributed by atoms with Crippen LogP contribution in [0.15, 0.2) is 11.8 Å². The van der Waals surface area contributed by atoms with E-state index >= 15 is 0 Å². The molecule has 0 aromatic carbocycles. The summed E-state index contributed by atoms with van der Waals surface area (Å²) in [5.74, 6) is 0.305. The predicted octanol–water partition coefficient (Wildman–Crippen LogP) is -4.44. The van der Waals surface area contributed by atoms with Crippen molar-refractivity contribution in [3.8, 4) is 0 Å². The molecule has 0 bridgehead atoms. The van der Waals surface area contributed by atoms with Crippen LogP contribution in [0, 0.1) is 0 Å². The minimum absolute atomic E-state index is 0.228. The van der Waals surface area contributed by atoms with E-state index in [1.165, 1.54) is 0 Å². The zero-order valence-electron chi connectivity index (χ0n) is 15.9. The van der Waals surface area contributed by atoms with Gasteiger partial charge in [-0.2, -0.15) is 0 Å². The smallest absolute Gasteiger partial charge is 0.215 e. The van der Waals surface area contributed by atoms with Crippen molar-refractivity contribution in [3.05, 3.63) is 11.8 Å². The highest BCUT2D eigenvalue weighted by Gasteiger charge is 2.50. The number of aliphatic hydroxyl groups excluding tert-OH is 5. The first-order valence-corrected chi connectivity index (χ1v) is 9.61. The van der Waals surface area contributed by atoms with Crippen molar-refractivity contribution in [3.63, 3.8) is 0 Å². The Bertz CT molecular complexity index is 582.